The number of benzene rings is 1. The van der Waals surface area contributed by atoms with Crippen LogP contribution in [0.15, 0.2) is 36.4 Å². The van der Waals surface area contributed by atoms with Gasteiger partial charge in [-0.05, 0) is 141 Å². The summed E-state index contributed by atoms with van der Waals surface area (Å²) in [5, 5.41) is 11.0. The number of hydrogen-bond donors (Lipinski definition) is 1. The fourth-order valence-corrected chi connectivity index (χ4v) is 12.7. The minimum atomic E-state index is -0.407. The number of allylic oxidation sites excluding steroid dienone is 1. The highest BCUT2D eigenvalue weighted by Gasteiger charge is 2.71. The molecular formula is C39H56O5. The summed E-state index contributed by atoms with van der Waals surface area (Å²) in [7, 11) is 0. The normalized spacial score (nSPS) is 43.9. The van der Waals surface area contributed by atoms with Crippen LogP contribution in [0.3, 0.4) is 0 Å². The molecule has 5 saturated carbocycles. The van der Waals surface area contributed by atoms with Crippen LogP contribution in [0.2, 0.25) is 0 Å². The van der Waals surface area contributed by atoms with E-state index in [1.165, 1.54) is 44.6 Å². The second-order valence-electron chi connectivity index (χ2n) is 17.1. The highest BCUT2D eigenvalue weighted by molar-refractivity contribution is 5.90. The van der Waals surface area contributed by atoms with Crippen molar-refractivity contribution in [3.63, 3.8) is 0 Å². The van der Waals surface area contributed by atoms with E-state index in [2.05, 4.69) is 48.1 Å². The van der Waals surface area contributed by atoms with Gasteiger partial charge in [0.15, 0.2) is 0 Å². The molecule has 5 aliphatic rings. The monoisotopic (exact) mass is 604 g/mol. The summed E-state index contributed by atoms with van der Waals surface area (Å²) in [6.07, 6.45) is 11.3. The average molecular weight is 605 g/mol. The number of aliphatic hydroxyl groups excluding tert-OH is 1. The van der Waals surface area contributed by atoms with Gasteiger partial charge in [0.1, 0.15) is 5.75 Å². The van der Waals surface area contributed by atoms with Crippen molar-refractivity contribution in [2.24, 2.45) is 56.7 Å². The summed E-state index contributed by atoms with van der Waals surface area (Å²) in [5.74, 6) is 2.35. The number of aliphatic hydroxyl groups is 1. The van der Waals surface area contributed by atoms with Crippen LogP contribution in [-0.2, 0) is 9.53 Å². The SMILES string of the molecule is C=C(C)[C@@H]1CC[C@]2(COC(=O)c3cccc(OC(C)=O)c3)CC[C@]3(C)[C@H](CC[C@@H]4[C@@]5(C)CC[C@H](O)C(C)(C)[C@H]5CC[C@]43C)[C@H]12. The van der Waals surface area contributed by atoms with Gasteiger partial charge in [-0.1, -0.05) is 52.8 Å². The van der Waals surface area contributed by atoms with E-state index < -0.39 is 5.97 Å². The minimum Gasteiger partial charge on any atom is -0.461 e. The summed E-state index contributed by atoms with van der Waals surface area (Å²) >= 11 is 0. The predicted molar refractivity (Wildman–Crippen MR) is 173 cm³/mol. The van der Waals surface area contributed by atoms with Crippen LogP contribution in [0.25, 0.3) is 0 Å². The molecule has 5 heteroatoms. The Morgan fingerprint density at radius 2 is 1.64 bits per heavy atom. The molecule has 0 saturated heterocycles. The molecule has 242 valence electrons. The molecule has 1 aromatic carbocycles. The predicted octanol–water partition coefficient (Wildman–Crippen LogP) is 8.79. The zero-order valence-corrected chi connectivity index (χ0v) is 28.3. The quantitative estimate of drug-likeness (QED) is 0.207. The van der Waals surface area contributed by atoms with Crippen LogP contribution < -0.4 is 4.74 Å². The van der Waals surface area contributed by atoms with E-state index in [1.54, 1.807) is 24.3 Å². The molecule has 44 heavy (non-hydrogen) atoms. The van der Waals surface area contributed by atoms with Gasteiger partial charge in [-0.3, -0.25) is 4.79 Å². The summed E-state index contributed by atoms with van der Waals surface area (Å²) < 4.78 is 11.4. The molecule has 0 unspecified atom stereocenters. The number of ether oxygens (including phenoxy) is 2. The summed E-state index contributed by atoms with van der Waals surface area (Å²) in [6, 6.07) is 6.76. The minimum absolute atomic E-state index is 0.0296. The molecule has 0 aromatic heterocycles. The van der Waals surface area contributed by atoms with Gasteiger partial charge in [0.05, 0.1) is 18.3 Å². The molecule has 0 aliphatic heterocycles. The van der Waals surface area contributed by atoms with Crippen molar-refractivity contribution in [3.8, 4) is 5.75 Å². The molecular weight excluding hydrogens is 548 g/mol. The lowest BCUT2D eigenvalue weighted by molar-refractivity contribution is -0.249. The Hall–Kier alpha value is -2.14. The lowest BCUT2D eigenvalue weighted by Crippen LogP contribution is -2.66. The van der Waals surface area contributed by atoms with E-state index in [0.29, 0.717) is 47.5 Å². The molecule has 5 aliphatic carbocycles. The molecule has 5 fully saturated rings. The Bertz CT molecular complexity index is 1330. The van der Waals surface area contributed by atoms with Crippen molar-refractivity contribution in [2.75, 3.05) is 6.61 Å². The highest BCUT2D eigenvalue weighted by atomic mass is 16.5. The van der Waals surface area contributed by atoms with E-state index in [4.69, 9.17) is 9.47 Å². The molecule has 0 bridgehead atoms. The number of esters is 2. The van der Waals surface area contributed by atoms with Gasteiger partial charge >= 0.3 is 11.9 Å². The number of rotatable bonds is 5. The first-order valence-corrected chi connectivity index (χ1v) is 17.4. The largest absolute Gasteiger partial charge is 0.461 e. The third-order valence-corrected chi connectivity index (χ3v) is 15.0. The van der Waals surface area contributed by atoms with Crippen LogP contribution >= 0.6 is 0 Å². The molecule has 1 N–H and O–H groups in total. The maximum absolute atomic E-state index is 13.4. The highest BCUT2D eigenvalue weighted by Crippen LogP contribution is 2.77. The Morgan fingerprint density at radius 3 is 2.34 bits per heavy atom. The van der Waals surface area contributed by atoms with E-state index in [-0.39, 0.29) is 39.1 Å². The smallest absolute Gasteiger partial charge is 0.338 e. The third-order valence-electron chi connectivity index (χ3n) is 15.0. The van der Waals surface area contributed by atoms with Gasteiger partial charge in [0.25, 0.3) is 0 Å². The second-order valence-corrected chi connectivity index (χ2v) is 17.1. The van der Waals surface area contributed by atoms with Crippen LogP contribution in [0.4, 0.5) is 0 Å². The molecule has 1 aromatic rings. The van der Waals surface area contributed by atoms with Crippen molar-refractivity contribution in [3.05, 3.63) is 42.0 Å². The van der Waals surface area contributed by atoms with Crippen molar-refractivity contribution in [2.45, 2.75) is 119 Å². The summed E-state index contributed by atoms with van der Waals surface area (Å²) in [4.78, 5) is 24.8. The molecule has 10 atom stereocenters. The number of hydrogen-bond acceptors (Lipinski definition) is 5. The summed E-state index contributed by atoms with van der Waals surface area (Å²) in [5.41, 5.74) is 2.38. The molecule has 0 amide bonds. The van der Waals surface area contributed by atoms with Crippen molar-refractivity contribution >= 4 is 11.9 Å². The van der Waals surface area contributed by atoms with Crippen LogP contribution in [0, 0.1) is 56.7 Å². The first-order chi connectivity index (χ1) is 20.6. The molecule has 0 radical (unpaired) electrons. The fourth-order valence-electron chi connectivity index (χ4n) is 12.7. The molecule has 0 heterocycles. The third kappa shape index (κ3) is 4.56. The zero-order valence-electron chi connectivity index (χ0n) is 28.3. The van der Waals surface area contributed by atoms with E-state index >= 15 is 0 Å². The van der Waals surface area contributed by atoms with Crippen LogP contribution in [0.5, 0.6) is 5.75 Å². The number of carbonyl (C=O) groups excluding carboxylic acids is 2. The zero-order chi connectivity index (χ0) is 31.9. The van der Waals surface area contributed by atoms with Gasteiger partial charge in [-0.25, -0.2) is 4.79 Å². The van der Waals surface area contributed by atoms with Gasteiger partial charge in [-0.2, -0.15) is 0 Å². The lowest BCUT2D eigenvalue weighted by Gasteiger charge is -2.73. The van der Waals surface area contributed by atoms with Crippen molar-refractivity contribution in [1.82, 2.24) is 0 Å². The topological polar surface area (TPSA) is 72.8 Å². The Balaban J connectivity index is 1.28. The molecule has 6 rings (SSSR count). The maximum Gasteiger partial charge on any atom is 0.338 e. The number of carbonyl (C=O) groups is 2. The molecule has 0 spiro atoms. The second kappa shape index (κ2) is 10.7. The van der Waals surface area contributed by atoms with E-state index in [1.807, 2.05) is 0 Å². The van der Waals surface area contributed by atoms with Crippen LogP contribution in [0.1, 0.15) is 123 Å². The van der Waals surface area contributed by atoms with Crippen molar-refractivity contribution in [1.29, 1.82) is 0 Å². The first kappa shape index (κ1) is 31.8. The standard InChI is InChI=1S/C39H56O5/c1-24(2)28-14-19-39(23-43-34(42)26-10-9-11-27(22-26)44-25(3)40)21-20-37(7)29(33(28)39)12-13-31-36(6)17-16-32(41)35(4,5)30(36)15-18-38(31,37)8/h9-11,22,28-33,41H,1,12-21,23H2,2-8H3/t28-,29+,30+,31+,32-,33-,36-,37+,38+,39+/m0/s1. The lowest BCUT2D eigenvalue weighted by atomic mass is 9.32. The Morgan fingerprint density at radius 1 is 0.886 bits per heavy atom. The maximum atomic E-state index is 13.4. The van der Waals surface area contributed by atoms with Crippen molar-refractivity contribution < 1.29 is 24.2 Å². The van der Waals surface area contributed by atoms with Gasteiger partial charge in [0, 0.05) is 12.3 Å². The average Bonchev–Trinajstić information content (AvgIpc) is 3.34. The van der Waals surface area contributed by atoms with Crippen LogP contribution in [-0.4, -0.2) is 29.8 Å². The van der Waals surface area contributed by atoms with E-state index in [9.17, 15) is 14.7 Å². The van der Waals surface area contributed by atoms with Gasteiger partial charge in [0.2, 0.25) is 0 Å². The fraction of sp³-hybridized carbons (Fsp3) is 0.744. The van der Waals surface area contributed by atoms with E-state index in [0.717, 1.165) is 32.1 Å². The first-order valence-electron chi connectivity index (χ1n) is 17.4. The molecule has 5 nitrogen and oxygen atoms in total. The van der Waals surface area contributed by atoms with Gasteiger partial charge < -0.3 is 14.6 Å². The number of fused-ring (bicyclic) bond motifs is 7. The Kier molecular flexibility index (Phi) is 7.75. The summed E-state index contributed by atoms with van der Waals surface area (Å²) in [6.45, 7) is 21.1. The Labute approximate surface area is 265 Å². The van der Waals surface area contributed by atoms with Gasteiger partial charge in [-0.15, -0.1) is 0 Å².